The van der Waals surface area contributed by atoms with Gasteiger partial charge in [0.2, 0.25) is 0 Å². The van der Waals surface area contributed by atoms with Gasteiger partial charge in [0.15, 0.2) is 0 Å². The van der Waals surface area contributed by atoms with Crippen LogP contribution in [0, 0.1) is 10.7 Å². The van der Waals surface area contributed by atoms with E-state index in [1.54, 1.807) is 5.40 Å². The molecule has 1 heterocycles. The first-order chi connectivity index (χ1) is 4.84. The summed E-state index contributed by atoms with van der Waals surface area (Å²) < 4.78 is 0. The molecule has 0 saturated heterocycles. The zero-order chi connectivity index (χ0) is 7.40. The molecule has 4 nitrogen and oxygen atoms in total. The Morgan fingerprint density at radius 2 is 2.60 bits per heavy atom. The first-order valence-corrected chi connectivity index (χ1v) is 3.25. The lowest BCUT2D eigenvalue weighted by atomic mass is 10.7. The number of thioether (sulfide) groups is 1. The molecule has 0 aliphatic rings. The normalized spacial score (nSPS) is 8.70. The van der Waals surface area contributed by atoms with Gasteiger partial charge < -0.3 is 4.98 Å². The van der Waals surface area contributed by atoms with Crippen LogP contribution in [0.25, 0.3) is 0 Å². The molecule has 0 radical (unpaired) electrons. The van der Waals surface area contributed by atoms with E-state index in [4.69, 9.17) is 5.26 Å². The van der Waals surface area contributed by atoms with Gasteiger partial charge in [-0.2, -0.15) is 5.26 Å². The summed E-state index contributed by atoms with van der Waals surface area (Å²) >= 11 is 0.801. The topological polar surface area (TPSA) is 69.5 Å². The zero-order valence-corrected chi connectivity index (χ0v) is 5.68. The molecule has 5 heteroatoms. The SMILES string of the molecule is N#CSc1cnc[nH]c1=O. The number of rotatable bonds is 1. The second-order valence-corrected chi connectivity index (χ2v) is 2.26. The van der Waals surface area contributed by atoms with Crippen LogP contribution in [0.1, 0.15) is 0 Å². The molecule has 0 amide bonds. The largest absolute Gasteiger partial charge is 0.312 e. The molecule has 0 spiro atoms. The second kappa shape index (κ2) is 3.03. The van der Waals surface area contributed by atoms with Crippen molar-refractivity contribution in [1.82, 2.24) is 9.97 Å². The molecular weight excluding hydrogens is 150 g/mol. The van der Waals surface area contributed by atoms with Crippen molar-refractivity contribution < 1.29 is 0 Å². The minimum Gasteiger partial charge on any atom is -0.312 e. The first kappa shape index (κ1) is 6.83. The Morgan fingerprint density at radius 3 is 3.20 bits per heavy atom. The van der Waals surface area contributed by atoms with Crippen LogP contribution < -0.4 is 5.56 Å². The fourth-order valence-corrected chi connectivity index (χ4v) is 0.816. The van der Waals surface area contributed by atoms with E-state index < -0.39 is 0 Å². The van der Waals surface area contributed by atoms with E-state index in [1.165, 1.54) is 12.5 Å². The minimum absolute atomic E-state index is 0.276. The highest BCUT2D eigenvalue weighted by Crippen LogP contribution is 2.06. The van der Waals surface area contributed by atoms with Crippen molar-refractivity contribution in [3.8, 4) is 5.40 Å². The molecule has 0 unspecified atom stereocenters. The summed E-state index contributed by atoms with van der Waals surface area (Å²) in [6.45, 7) is 0. The number of hydrogen-bond donors (Lipinski definition) is 1. The number of H-pyrrole nitrogens is 1. The quantitative estimate of drug-likeness (QED) is 0.466. The molecule has 0 saturated carbocycles. The Hall–Kier alpha value is -1.28. The highest BCUT2D eigenvalue weighted by Gasteiger charge is 1.96. The molecule has 0 atom stereocenters. The molecule has 1 N–H and O–H groups in total. The Labute approximate surface area is 60.9 Å². The summed E-state index contributed by atoms with van der Waals surface area (Å²) in [6.07, 6.45) is 2.64. The Morgan fingerprint density at radius 1 is 1.80 bits per heavy atom. The maximum Gasteiger partial charge on any atom is 0.265 e. The van der Waals surface area contributed by atoms with Crippen LogP contribution in [0.4, 0.5) is 0 Å². The number of hydrogen-bond acceptors (Lipinski definition) is 4. The van der Waals surface area contributed by atoms with Gasteiger partial charge in [-0.25, -0.2) is 4.98 Å². The molecule has 1 rings (SSSR count). The van der Waals surface area contributed by atoms with Gasteiger partial charge in [-0.05, 0) is 11.8 Å². The highest BCUT2D eigenvalue weighted by atomic mass is 32.2. The van der Waals surface area contributed by atoms with Gasteiger partial charge in [-0.1, -0.05) is 0 Å². The number of nitrogens with zero attached hydrogens (tertiary/aromatic N) is 2. The van der Waals surface area contributed by atoms with Crippen LogP contribution in [0.3, 0.4) is 0 Å². The fourth-order valence-electron chi connectivity index (χ4n) is 0.452. The van der Waals surface area contributed by atoms with Gasteiger partial charge in [0.1, 0.15) is 10.3 Å². The van der Waals surface area contributed by atoms with Crippen molar-refractivity contribution in [3.63, 3.8) is 0 Å². The lowest BCUT2D eigenvalue weighted by Gasteiger charge is -1.86. The van der Waals surface area contributed by atoms with Gasteiger partial charge in [-0.15, -0.1) is 0 Å². The number of aromatic nitrogens is 2. The Balaban J connectivity index is 3.07. The Kier molecular flexibility index (Phi) is 2.07. The van der Waals surface area contributed by atoms with Gasteiger partial charge in [0.25, 0.3) is 5.56 Å². The number of aromatic amines is 1. The number of nitriles is 1. The molecule has 0 aliphatic carbocycles. The van der Waals surface area contributed by atoms with E-state index in [0.29, 0.717) is 4.90 Å². The van der Waals surface area contributed by atoms with E-state index in [2.05, 4.69) is 9.97 Å². The minimum atomic E-state index is -0.276. The van der Waals surface area contributed by atoms with Gasteiger partial charge in [-0.3, -0.25) is 4.79 Å². The Bertz CT molecular complexity index is 313. The van der Waals surface area contributed by atoms with Crippen LogP contribution in [-0.4, -0.2) is 9.97 Å². The maximum atomic E-state index is 10.7. The summed E-state index contributed by atoms with van der Waals surface area (Å²) in [4.78, 5) is 17.0. The van der Waals surface area contributed by atoms with Gasteiger partial charge in [0, 0.05) is 6.20 Å². The summed E-state index contributed by atoms with van der Waals surface area (Å²) in [5.74, 6) is 0. The van der Waals surface area contributed by atoms with E-state index in [9.17, 15) is 4.79 Å². The first-order valence-electron chi connectivity index (χ1n) is 2.43. The van der Waals surface area contributed by atoms with E-state index in [0.717, 1.165) is 11.8 Å². The van der Waals surface area contributed by atoms with Crippen LogP contribution in [0.2, 0.25) is 0 Å². The summed E-state index contributed by atoms with van der Waals surface area (Å²) in [6, 6.07) is 0. The van der Waals surface area contributed by atoms with E-state index >= 15 is 0 Å². The lowest BCUT2D eigenvalue weighted by molar-refractivity contribution is 1.04. The van der Waals surface area contributed by atoms with Crippen LogP contribution in [0.15, 0.2) is 22.2 Å². The number of thiocyanates is 1. The third kappa shape index (κ3) is 1.36. The average Bonchev–Trinajstić information content (AvgIpc) is 1.94. The third-order valence-corrected chi connectivity index (χ3v) is 1.44. The van der Waals surface area contributed by atoms with Crippen molar-refractivity contribution in [3.05, 3.63) is 22.9 Å². The fraction of sp³-hybridized carbons (Fsp3) is 0. The summed E-state index contributed by atoms with van der Waals surface area (Å²) in [7, 11) is 0. The predicted molar refractivity (Wildman–Crippen MR) is 36.3 cm³/mol. The number of nitrogens with one attached hydrogen (secondary N) is 1. The zero-order valence-electron chi connectivity index (χ0n) is 4.87. The molecule has 50 valence electrons. The standard InChI is InChI=1S/C5H3N3OS/c6-2-10-4-1-7-3-8-5(4)9/h1,3H,(H,7,8,9). The van der Waals surface area contributed by atoms with E-state index in [-0.39, 0.29) is 5.56 Å². The van der Waals surface area contributed by atoms with Crippen molar-refractivity contribution in [2.75, 3.05) is 0 Å². The predicted octanol–water partition coefficient (Wildman–Crippen LogP) is 0.343. The van der Waals surface area contributed by atoms with Crippen molar-refractivity contribution in [2.24, 2.45) is 0 Å². The smallest absolute Gasteiger partial charge is 0.265 e. The lowest BCUT2D eigenvalue weighted by Crippen LogP contribution is -2.06. The molecule has 10 heavy (non-hydrogen) atoms. The molecule has 0 aromatic carbocycles. The van der Waals surface area contributed by atoms with Gasteiger partial charge in [0.05, 0.1) is 6.33 Å². The van der Waals surface area contributed by atoms with Gasteiger partial charge >= 0.3 is 0 Å². The molecular formula is C5H3N3OS. The van der Waals surface area contributed by atoms with Crippen LogP contribution >= 0.6 is 11.8 Å². The third-order valence-electron chi connectivity index (χ3n) is 0.841. The van der Waals surface area contributed by atoms with Crippen molar-refractivity contribution in [1.29, 1.82) is 5.26 Å². The molecule has 1 aromatic rings. The summed E-state index contributed by atoms with van der Waals surface area (Å²) in [5, 5.41) is 9.96. The monoisotopic (exact) mass is 153 g/mol. The molecule has 0 aliphatic heterocycles. The summed E-state index contributed by atoms with van der Waals surface area (Å²) in [5.41, 5.74) is -0.276. The average molecular weight is 153 g/mol. The second-order valence-electron chi connectivity index (χ2n) is 1.44. The maximum absolute atomic E-state index is 10.7. The van der Waals surface area contributed by atoms with E-state index in [1.807, 2.05) is 0 Å². The molecule has 0 fully saturated rings. The highest BCUT2D eigenvalue weighted by molar-refractivity contribution is 8.03. The van der Waals surface area contributed by atoms with Crippen molar-refractivity contribution >= 4 is 11.8 Å². The van der Waals surface area contributed by atoms with Crippen LogP contribution in [-0.2, 0) is 0 Å². The molecule has 1 aromatic heterocycles. The van der Waals surface area contributed by atoms with Crippen LogP contribution in [0.5, 0.6) is 0 Å². The van der Waals surface area contributed by atoms with Crippen molar-refractivity contribution in [2.45, 2.75) is 4.90 Å². The molecule has 0 bridgehead atoms.